The van der Waals surface area contributed by atoms with Crippen LogP contribution in [0.3, 0.4) is 0 Å². The molecule has 0 saturated carbocycles. The van der Waals surface area contributed by atoms with Gasteiger partial charge in [0.25, 0.3) is 5.78 Å². The largest absolute Gasteiger partial charge is 0.465 e. The molecule has 0 bridgehead atoms. The molecule has 2 aromatic heterocycles. The van der Waals surface area contributed by atoms with E-state index in [1.54, 1.807) is 0 Å². The molecule has 0 aliphatic carbocycles. The van der Waals surface area contributed by atoms with Crippen molar-refractivity contribution >= 4 is 17.6 Å². The second kappa shape index (κ2) is 4.61. The van der Waals surface area contributed by atoms with Crippen LogP contribution in [0.1, 0.15) is 10.4 Å². The van der Waals surface area contributed by atoms with Gasteiger partial charge in [0.15, 0.2) is 5.82 Å². The number of rotatable bonds is 2. The number of nitrogens with zero attached hydrogens (tertiary/aromatic N) is 4. The van der Waals surface area contributed by atoms with Crippen molar-refractivity contribution in [2.24, 2.45) is 0 Å². The zero-order valence-electron chi connectivity index (χ0n) is 10.6. The summed E-state index contributed by atoms with van der Waals surface area (Å²) in [6.07, 6.45) is 1.33. The summed E-state index contributed by atoms with van der Waals surface area (Å²) >= 11 is 0. The van der Waals surface area contributed by atoms with Crippen LogP contribution < -0.4 is 5.73 Å². The fraction of sp³-hybridized carbons (Fsp3) is 0.0769. The van der Waals surface area contributed by atoms with Crippen LogP contribution in [0.5, 0.6) is 0 Å². The van der Waals surface area contributed by atoms with Gasteiger partial charge in [-0.3, -0.25) is 0 Å². The summed E-state index contributed by atoms with van der Waals surface area (Å²) in [5.74, 6) is 0.408. The van der Waals surface area contributed by atoms with Gasteiger partial charge in [-0.15, -0.1) is 5.10 Å². The van der Waals surface area contributed by atoms with Crippen molar-refractivity contribution in [2.45, 2.75) is 0 Å². The molecule has 2 heterocycles. The summed E-state index contributed by atoms with van der Waals surface area (Å²) in [6.45, 7) is 0. The molecule has 0 amide bonds. The van der Waals surface area contributed by atoms with Crippen molar-refractivity contribution in [1.29, 1.82) is 0 Å². The molecule has 0 atom stereocenters. The van der Waals surface area contributed by atoms with Gasteiger partial charge < -0.3 is 10.5 Å². The highest BCUT2D eigenvalue weighted by Gasteiger charge is 2.16. The van der Waals surface area contributed by atoms with Crippen molar-refractivity contribution in [3.63, 3.8) is 0 Å². The summed E-state index contributed by atoms with van der Waals surface area (Å²) in [5.41, 5.74) is 6.91. The number of esters is 1. The van der Waals surface area contributed by atoms with Crippen molar-refractivity contribution in [1.82, 2.24) is 19.6 Å². The number of nitrogens with two attached hydrogens (primary N) is 1. The van der Waals surface area contributed by atoms with E-state index < -0.39 is 5.97 Å². The lowest BCUT2D eigenvalue weighted by molar-refractivity contribution is 0.0601. The van der Waals surface area contributed by atoms with Crippen LogP contribution in [0, 0.1) is 0 Å². The average Bonchev–Trinajstić information content (AvgIpc) is 2.93. The van der Waals surface area contributed by atoms with Gasteiger partial charge in [0.2, 0.25) is 0 Å². The normalized spacial score (nSPS) is 10.7. The van der Waals surface area contributed by atoms with Gasteiger partial charge in [-0.25, -0.2) is 9.78 Å². The highest BCUT2D eigenvalue weighted by atomic mass is 16.5. The second-order valence-electron chi connectivity index (χ2n) is 4.06. The van der Waals surface area contributed by atoms with Gasteiger partial charge in [-0.1, -0.05) is 30.3 Å². The minimum absolute atomic E-state index is 0.150. The van der Waals surface area contributed by atoms with E-state index in [0.717, 1.165) is 5.56 Å². The van der Waals surface area contributed by atoms with Crippen LogP contribution in [-0.4, -0.2) is 32.7 Å². The number of benzene rings is 1. The first-order valence-corrected chi connectivity index (χ1v) is 5.85. The summed E-state index contributed by atoms with van der Waals surface area (Å²) in [6, 6.07) is 9.44. The van der Waals surface area contributed by atoms with Gasteiger partial charge in [0.1, 0.15) is 11.4 Å². The van der Waals surface area contributed by atoms with E-state index >= 15 is 0 Å². The second-order valence-corrected chi connectivity index (χ2v) is 4.06. The first-order chi connectivity index (χ1) is 9.70. The van der Waals surface area contributed by atoms with Crippen LogP contribution in [0.15, 0.2) is 36.5 Å². The molecule has 0 saturated heterocycles. The number of anilines is 1. The molecule has 0 aliphatic heterocycles. The lowest BCUT2D eigenvalue weighted by Crippen LogP contribution is -2.11. The molecular formula is C13H11N5O2. The first kappa shape index (κ1) is 12.1. The van der Waals surface area contributed by atoms with E-state index in [2.05, 4.69) is 19.8 Å². The Morgan fingerprint density at radius 3 is 2.75 bits per heavy atom. The maximum atomic E-state index is 11.6. The van der Waals surface area contributed by atoms with Crippen LogP contribution in [0.4, 0.5) is 5.82 Å². The van der Waals surface area contributed by atoms with E-state index in [1.165, 1.54) is 17.8 Å². The van der Waals surface area contributed by atoms with Gasteiger partial charge in [-0.2, -0.15) is 9.50 Å². The molecule has 3 aromatic rings. The molecule has 100 valence electrons. The Morgan fingerprint density at radius 2 is 2.05 bits per heavy atom. The van der Waals surface area contributed by atoms with Crippen molar-refractivity contribution in [3.05, 3.63) is 42.1 Å². The fourth-order valence-corrected chi connectivity index (χ4v) is 1.83. The number of fused-ring (bicyclic) bond motifs is 1. The lowest BCUT2D eigenvalue weighted by atomic mass is 10.2. The molecular weight excluding hydrogens is 258 g/mol. The molecule has 2 N–H and O–H groups in total. The Kier molecular flexibility index (Phi) is 2.79. The maximum Gasteiger partial charge on any atom is 0.343 e. The zero-order valence-corrected chi connectivity index (χ0v) is 10.6. The predicted octanol–water partition coefficient (Wildman–Crippen LogP) is 1.16. The number of nitrogen functional groups attached to an aromatic ring is 1. The maximum absolute atomic E-state index is 11.6. The van der Waals surface area contributed by atoms with Crippen LogP contribution in [0.2, 0.25) is 0 Å². The molecule has 7 heteroatoms. The quantitative estimate of drug-likeness (QED) is 0.701. The summed E-state index contributed by atoms with van der Waals surface area (Å²) in [4.78, 5) is 19.9. The number of ether oxygens (including phenoxy) is 1. The Balaban J connectivity index is 2.17. The van der Waals surface area contributed by atoms with E-state index in [-0.39, 0.29) is 11.4 Å². The standard InChI is InChI=1S/C13H11N5O2/c1-20-12(19)9-7-15-13-16-11(17-18(13)10(9)14)8-5-3-2-4-6-8/h2-7H,14H2,1H3. The summed E-state index contributed by atoms with van der Waals surface area (Å²) < 4.78 is 5.96. The van der Waals surface area contributed by atoms with Gasteiger partial charge >= 0.3 is 5.97 Å². The number of hydrogen-bond acceptors (Lipinski definition) is 6. The van der Waals surface area contributed by atoms with E-state index in [0.29, 0.717) is 11.6 Å². The topological polar surface area (TPSA) is 95.4 Å². The number of carbonyl (C=O) groups excluding carboxylic acids is 1. The Bertz CT molecular complexity index is 782. The molecule has 7 nitrogen and oxygen atoms in total. The van der Waals surface area contributed by atoms with Gasteiger partial charge in [0, 0.05) is 11.8 Å². The van der Waals surface area contributed by atoms with Gasteiger partial charge in [0.05, 0.1) is 7.11 Å². The molecule has 0 unspecified atom stereocenters. The van der Waals surface area contributed by atoms with Crippen LogP contribution in [-0.2, 0) is 4.74 Å². The van der Waals surface area contributed by atoms with Crippen molar-refractivity contribution in [3.8, 4) is 11.4 Å². The zero-order chi connectivity index (χ0) is 14.1. The summed E-state index contributed by atoms with van der Waals surface area (Å²) in [7, 11) is 1.28. The molecule has 3 rings (SSSR count). The molecule has 0 radical (unpaired) electrons. The third-order valence-corrected chi connectivity index (χ3v) is 2.84. The predicted molar refractivity (Wildman–Crippen MR) is 72.0 cm³/mol. The number of carbonyl (C=O) groups is 1. The smallest absolute Gasteiger partial charge is 0.343 e. The third kappa shape index (κ3) is 1.85. The van der Waals surface area contributed by atoms with Gasteiger partial charge in [-0.05, 0) is 0 Å². The Labute approximate surface area is 114 Å². The molecule has 20 heavy (non-hydrogen) atoms. The average molecular weight is 269 g/mol. The molecule has 0 aliphatic rings. The number of methoxy groups -OCH3 is 1. The Morgan fingerprint density at radius 1 is 1.30 bits per heavy atom. The SMILES string of the molecule is COC(=O)c1cnc2nc(-c3ccccc3)nn2c1N. The minimum atomic E-state index is -0.561. The fourth-order valence-electron chi connectivity index (χ4n) is 1.83. The van der Waals surface area contributed by atoms with Crippen molar-refractivity contribution < 1.29 is 9.53 Å². The highest BCUT2D eigenvalue weighted by molar-refractivity contribution is 5.94. The summed E-state index contributed by atoms with van der Waals surface area (Å²) in [5, 5.41) is 4.27. The van der Waals surface area contributed by atoms with E-state index in [4.69, 9.17) is 5.73 Å². The number of aromatic nitrogens is 4. The van der Waals surface area contributed by atoms with E-state index in [1.807, 2.05) is 30.3 Å². The number of hydrogen-bond donors (Lipinski definition) is 1. The van der Waals surface area contributed by atoms with Crippen molar-refractivity contribution in [2.75, 3.05) is 12.8 Å². The molecule has 0 spiro atoms. The highest BCUT2D eigenvalue weighted by Crippen LogP contribution is 2.18. The van der Waals surface area contributed by atoms with Crippen LogP contribution >= 0.6 is 0 Å². The Hall–Kier alpha value is -2.96. The molecule has 0 fully saturated rings. The molecule has 1 aromatic carbocycles. The van der Waals surface area contributed by atoms with E-state index in [9.17, 15) is 4.79 Å². The third-order valence-electron chi connectivity index (χ3n) is 2.84. The first-order valence-electron chi connectivity index (χ1n) is 5.85. The minimum Gasteiger partial charge on any atom is -0.465 e. The monoisotopic (exact) mass is 269 g/mol. The van der Waals surface area contributed by atoms with Crippen LogP contribution in [0.25, 0.3) is 17.2 Å². The lowest BCUT2D eigenvalue weighted by Gasteiger charge is -2.03.